The summed E-state index contributed by atoms with van der Waals surface area (Å²) in [5.74, 6) is 0.887. The Balaban J connectivity index is 1.64. The minimum atomic E-state index is -0.0316. The second kappa shape index (κ2) is 7.32. The molecular formula is C20H22N2O2. The number of nitrogens with zero attached hydrogens (tertiary/aromatic N) is 1. The molecule has 124 valence electrons. The number of fused-ring (bicyclic) bond motifs is 1. The van der Waals surface area contributed by atoms with Crippen LogP contribution in [-0.4, -0.2) is 19.0 Å². The van der Waals surface area contributed by atoms with Crippen LogP contribution in [0.2, 0.25) is 0 Å². The Bertz CT molecular complexity index is 778. The first-order valence-electron chi connectivity index (χ1n) is 8.26. The van der Waals surface area contributed by atoms with Crippen molar-refractivity contribution >= 4 is 22.6 Å². The molecule has 0 aliphatic heterocycles. The minimum Gasteiger partial charge on any atom is -0.459 e. The largest absolute Gasteiger partial charge is 0.459 e. The molecular weight excluding hydrogens is 300 g/mol. The van der Waals surface area contributed by atoms with Crippen LogP contribution in [0.15, 0.2) is 65.1 Å². The maximum atomic E-state index is 12.5. The summed E-state index contributed by atoms with van der Waals surface area (Å²) < 4.78 is 5.85. The van der Waals surface area contributed by atoms with Crippen LogP contribution < -0.4 is 10.2 Å². The Labute approximate surface area is 142 Å². The van der Waals surface area contributed by atoms with Gasteiger partial charge in [0.1, 0.15) is 11.3 Å². The summed E-state index contributed by atoms with van der Waals surface area (Å²) in [4.78, 5) is 14.3. The van der Waals surface area contributed by atoms with Crippen LogP contribution in [0.25, 0.3) is 11.0 Å². The zero-order valence-electron chi connectivity index (χ0n) is 14.0. The molecule has 1 aromatic heterocycles. The molecule has 24 heavy (non-hydrogen) atoms. The lowest BCUT2D eigenvalue weighted by molar-refractivity contribution is -0.117. The molecule has 1 amide bonds. The molecule has 0 fully saturated rings. The molecule has 3 aromatic rings. The van der Waals surface area contributed by atoms with Gasteiger partial charge in [-0.05, 0) is 38.1 Å². The van der Waals surface area contributed by atoms with Gasteiger partial charge in [-0.25, -0.2) is 0 Å². The van der Waals surface area contributed by atoms with Crippen molar-refractivity contribution in [1.82, 2.24) is 5.32 Å². The summed E-state index contributed by atoms with van der Waals surface area (Å²) in [6, 6.07) is 19.6. The third kappa shape index (κ3) is 3.49. The second-order valence-corrected chi connectivity index (χ2v) is 5.76. The Hall–Kier alpha value is -2.59. The van der Waals surface area contributed by atoms with Crippen molar-refractivity contribution < 1.29 is 9.21 Å². The molecule has 1 N–H and O–H groups in total. The van der Waals surface area contributed by atoms with Gasteiger partial charge in [-0.3, -0.25) is 10.1 Å². The SMILES string of the molecule is CCN(C(=O)CNC(C)c1cc2ccccc2o1)c1ccccc1. The average molecular weight is 322 g/mol. The number of furan rings is 1. The second-order valence-electron chi connectivity index (χ2n) is 5.76. The third-order valence-electron chi connectivity index (χ3n) is 4.12. The van der Waals surface area contributed by atoms with Crippen molar-refractivity contribution in [2.24, 2.45) is 0 Å². The van der Waals surface area contributed by atoms with E-state index >= 15 is 0 Å². The molecule has 4 heteroatoms. The van der Waals surface area contributed by atoms with Gasteiger partial charge in [-0.2, -0.15) is 0 Å². The number of anilines is 1. The molecule has 0 saturated carbocycles. The first-order valence-corrected chi connectivity index (χ1v) is 8.26. The number of likely N-dealkylation sites (N-methyl/N-ethyl adjacent to an activating group) is 1. The van der Waals surface area contributed by atoms with Gasteiger partial charge in [0.05, 0.1) is 12.6 Å². The van der Waals surface area contributed by atoms with Gasteiger partial charge < -0.3 is 9.32 Å². The lowest BCUT2D eigenvalue weighted by Gasteiger charge is -2.22. The van der Waals surface area contributed by atoms with Gasteiger partial charge in [0.25, 0.3) is 0 Å². The van der Waals surface area contributed by atoms with Crippen LogP contribution in [0.1, 0.15) is 25.6 Å². The van der Waals surface area contributed by atoms with Gasteiger partial charge >= 0.3 is 0 Å². The van der Waals surface area contributed by atoms with Gasteiger partial charge in [-0.15, -0.1) is 0 Å². The fourth-order valence-electron chi connectivity index (χ4n) is 2.76. The number of para-hydroxylation sites is 2. The molecule has 2 aromatic carbocycles. The number of hydrogen-bond donors (Lipinski definition) is 1. The van der Waals surface area contributed by atoms with Crippen LogP contribution in [0.4, 0.5) is 5.69 Å². The van der Waals surface area contributed by atoms with Crippen molar-refractivity contribution in [2.45, 2.75) is 19.9 Å². The predicted molar refractivity (Wildman–Crippen MR) is 97.1 cm³/mol. The number of amides is 1. The highest BCUT2D eigenvalue weighted by Crippen LogP contribution is 2.23. The smallest absolute Gasteiger partial charge is 0.240 e. The summed E-state index contributed by atoms with van der Waals surface area (Å²) in [7, 11) is 0. The van der Waals surface area contributed by atoms with Gasteiger partial charge in [-0.1, -0.05) is 36.4 Å². The number of rotatable bonds is 6. The number of carbonyl (C=O) groups is 1. The summed E-state index contributed by atoms with van der Waals surface area (Å²) in [5.41, 5.74) is 1.79. The van der Waals surface area contributed by atoms with Crippen LogP contribution >= 0.6 is 0 Å². The number of benzene rings is 2. The summed E-state index contributed by atoms with van der Waals surface area (Å²) in [5, 5.41) is 4.34. The molecule has 0 aliphatic rings. The van der Waals surface area contributed by atoms with E-state index in [0.717, 1.165) is 22.4 Å². The van der Waals surface area contributed by atoms with E-state index in [-0.39, 0.29) is 18.5 Å². The maximum absolute atomic E-state index is 12.5. The van der Waals surface area contributed by atoms with Crippen LogP contribution in [0, 0.1) is 0 Å². The van der Waals surface area contributed by atoms with Crippen molar-refractivity contribution in [3.05, 3.63) is 66.4 Å². The van der Waals surface area contributed by atoms with Crippen molar-refractivity contribution in [3.63, 3.8) is 0 Å². The fraction of sp³-hybridized carbons (Fsp3) is 0.250. The topological polar surface area (TPSA) is 45.5 Å². The summed E-state index contributed by atoms with van der Waals surface area (Å²) in [6.45, 7) is 4.89. The number of carbonyl (C=O) groups excluding carboxylic acids is 1. The van der Waals surface area contributed by atoms with E-state index in [0.29, 0.717) is 6.54 Å². The van der Waals surface area contributed by atoms with E-state index in [4.69, 9.17) is 4.42 Å². The van der Waals surface area contributed by atoms with E-state index in [2.05, 4.69) is 5.32 Å². The maximum Gasteiger partial charge on any atom is 0.240 e. The standard InChI is InChI=1S/C20H22N2O2/c1-3-22(17-10-5-4-6-11-17)20(23)14-21-15(2)19-13-16-9-7-8-12-18(16)24-19/h4-13,15,21H,3,14H2,1-2H3. The number of nitrogens with one attached hydrogen (secondary N) is 1. The average Bonchev–Trinajstić information content (AvgIpc) is 3.05. The molecule has 0 bridgehead atoms. The van der Waals surface area contributed by atoms with Crippen molar-refractivity contribution in [3.8, 4) is 0 Å². The Morgan fingerprint density at radius 2 is 1.83 bits per heavy atom. The van der Waals surface area contributed by atoms with Crippen LogP contribution in [-0.2, 0) is 4.79 Å². The Morgan fingerprint density at radius 1 is 1.12 bits per heavy atom. The summed E-state index contributed by atoms with van der Waals surface area (Å²) in [6.07, 6.45) is 0. The van der Waals surface area contributed by atoms with E-state index < -0.39 is 0 Å². The van der Waals surface area contributed by atoms with Gasteiger partial charge in [0.2, 0.25) is 5.91 Å². The highest BCUT2D eigenvalue weighted by molar-refractivity contribution is 5.94. The predicted octanol–water partition coefficient (Wildman–Crippen LogP) is 4.14. The zero-order chi connectivity index (χ0) is 16.9. The van der Waals surface area contributed by atoms with E-state index in [1.807, 2.05) is 74.5 Å². The van der Waals surface area contributed by atoms with Gasteiger partial charge in [0, 0.05) is 17.6 Å². The first-order chi connectivity index (χ1) is 11.7. The van der Waals surface area contributed by atoms with Gasteiger partial charge in [0.15, 0.2) is 0 Å². The first kappa shape index (κ1) is 16.3. The highest BCUT2D eigenvalue weighted by Gasteiger charge is 2.16. The van der Waals surface area contributed by atoms with Crippen LogP contribution in [0.3, 0.4) is 0 Å². The van der Waals surface area contributed by atoms with Crippen molar-refractivity contribution in [1.29, 1.82) is 0 Å². The molecule has 0 saturated heterocycles. The number of hydrogen-bond acceptors (Lipinski definition) is 3. The molecule has 1 heterocycles. The molecule has 0 radical (unpaired) electrons. The normalized spacial score (nSPS) is 12.2. The zero-order valence-corrected chi connectivity index (χ0v) is 14.0. The quantitative estimate of drug-likeness (QED) is 0.742. The van der Waals surface area contributed by atoms with E-state index in [9.17, 15) is 4.79 Å². The molecule has 1 atom stereocenters. The third-order valence-corrected chi connectivity index (χ3v) is 4.12. The minimum absolute atomic E-state index is 0.0316. The van der Waals surface area contributed by atoms with E-state index in [1.54, 1.807) is 4.90 Å². The Morgan fingerprint density at radius 3 is 2.54 bits per heavy atom. The molecule has 0 spiro atoms. The highest BCUT2D eigenvalue weighted by atomic mass is 16.3. The molecule has 4 nitrogen and oxygen atoms in total. The summed E-state index contributed by atoms with van der Waals surface area (Å²) >= 11 is 0. The fourth-order valence-corrected chi connectivity index (χ4v) is 2.76. The van der Waals surface area contributed by atoms with Crippen LogP contribution in [0.5, 0.6) is 0 Å². The lowest BCUT2D eigenvalue weighted by Crippen LogP contribution is -2.38. The van der Waals surface area contributed by atoms with Crippen molar-refractivity contribution in [2.75, 3.05) is 18.0 Å². The van der Waals surface area contributed by atoms with E-state index in [1.165, 1.54) is 0 Å². The Kier molecular flexibility index (Phi) is 4.96. The molecule has 0 aliphatic carbocycles. The lowest BCUT2D eigenvalue weighted by atomic mass is 10.2. The monoisotopic (exact) mass is 322 g/mol. The molecule has 1 unspecified atom stereocenters. The molecule has 3 rings (SSSR count).